The first-order chi connectivity index (χ1) is 8.53. The van der Waals surface area contributed by atoms with Crippen molar-refractivity contribution in [3.8, 4) is 0 Å². The number of ether oxygens (including phenoxy) is 1. The van der Waals surface area contributed by atoms with Crippen molar-refractivity contribution in [2.24, 2.45) is 5.92 Å². The summed E-state index contributed by atoms with van der Waals surface area (Å²) in [6.45, 7) is 3.36. The van der Waals surface area contributed by atoms with E-state index in [-0.39, 0.29) is 17.6 Å². The summed E-state index contributed by atoms with van der Waals surface area (Å²) in [6, 6.07) is 0. The summed E-state index contributed by atoms with van der Waals surface area (Å²) in [5.74, 6) is -1.09. The molecule has 0 amide bonds. The van der Waals surface area contributed by atoms with Gasteiger partial charge >= 0.3 is 11.9 Å². The van der Waals surface area contributed by atoms with Crippen LogP contribution in [-0.4, -0.2) is 22.6 Å². The van der Waals surface area contributed by atoms with Crippen molar-refractivity contribution in [3.05, 3.63) is 12.2 Å². The molecule has 2 fully saturated rings. The molecule has 0 aliphatic heterocycles. The largest absolute Gasteiger partial charge is 0.478 e. The molecule has 0 radical (unpaired) electrons. The second-order valence-electron chi connectivity index (χ2n) is 5.46. The fourth-order valence-electron chi connectivity index (χ4n) is 2.86. The molecular formula is C14H20O4. The molecule has 0 aromatic heterocycles. The molecule has 0 bridgehead atoms. The fraction of sp³-hybridized carbons (Fsp3) is 0.714. The standard InChI is InChI=1S/C14H20O4/c1-10(13(16)17)9-12(15)18-14(7-8-14)11-5-3-2-4-6-11/h11H,1-9H2,(H,16,17). The maximum atomic E-state index is 11.7. The lowest BCUT2D eigenvalue weighted by atomic mass is 9.83. The number of hydrogen-bond acceptors (Lipinski definition) is 3. The van der Waals surface area contributed by atoms with E-state index in [4.69, 9.17) is 9.84 Å². The average molecular weight is 252 g/mol. The summed E-state index contributed by atoms with van der Waals surface area (Å²) in [6.07, 6.45) is 7.63. The van der Waals surface area contributed by atoms with Crippen LogP contribution < -0.4 is 0 Å². The molecule has 100 valence electrons. The van der Waals surface area contributed by atoms with Gasteiger partial charge in [-0.15, -0.1) is 0 Å². The van der Waals surface area contributed by atoms with Crippen LogP contribution in [-0.2, 0) is 14.3 Å². The Morgan fingerprint density at radius 1 is 1.22 bits per heavy atom. The molecule has 1 N–H and O–H groups in total. The van der Waals surface area contributed by atoms with Crippen molar-refractivity contribution < 1.29 is 19.4 Å². The Morgan fingerprint density at radius 2 is 1.83 bits per heavy atom. The van der Waals surface area contributed by atoms with E-state index in [1.54, 1.807) is 0 Å². The summed E-state index contributed by atoms with van der Waals surface area (Å²) < 4.78 is 5.55. The number of hydrogen-bond donors (Lipinski definition) is 1. The van der Waals surface area contributed by atoms with Crippen LogP contribution in [0.15, 0.2) is 12.2 Å². The fourth-order valence-corrected chi connectivity index (χ4v) is 2.86. The number of aliphatic carboxylic acids is 1. The molecule has 0 heterocycles. The molecule has 2 saturated carbocycles. The molecule has 2 aliphatic carbocycles. The second kappa shape index (κ2) is 5.12. The number of rotatable bonds is 5. The van der Waals surface area contributed by atoms with Gasteiger partial charge < -0.3 is 9.84 Å². The van der Waals surface area contributed by atoms with E-state index in [1.807, 2.05) is 0 Å². The third-order valence-corrected chi connectivity index (χ3v) is 4.07. The van der Waals surface area contributed by atoms with Crippen LogP contribution in [0.4, 0.5) is 0 Å². The predicted molar refractivity (Wildman–Crippen MR) is 66.0 cm³/mol. The van der Waals surface area contributed by atoms with E-state index in [9.17, 15) is 9.59 Å². The lowest BCUT2D eigenvalue weighted by molar-refractivity contribution is -0.155. The molecular weight excluding hydrogens is 232 g/mol. The topological polar surface area (TPSA) is 63.6 Å². The zero-order valence-corrected chi connectivity index (χ0v) is 10.6. The minimum absolute atomic E-state index is 0.0977. The van der Waals surface area contributed by atoms with E-state index < -0.39 is 11.9 Å². The smallest absolute Gasteiger partial charge is 0.331 e. The predicted octanol–water partition coefficient (Wildman–Crippen LogP) is 2.67. The highest BCUT2D eigenvalue weighted by molar-refractivity contribution is 5.91. The van der Waals surface area contributed by atoms with Gasteiger partial charge in [-0.25, -0.2) is 4.79 Å². The van der Waals surface area contributed by atoms with Crippen molar-refractivity contribution in [1.29, 1.82) is 0 Å². The van der Waals surface area contributed by atoms with E-state index in [1.165, 1.54) is 19.3 Å². The Kier molecular flexibility index (Phi) is 3.73. The second-order valence-corrected chi connectivity index (χ2v) is 5.46. The molecule has 0 atom stereocenters. The summed E-state index contributed by atoms with van der Waals surface area (Å²) in [4.78, 5) is 22.3. The highest BCUT2D eigenvalue weighted by Crippen LogP contribution is 2.51. The number of carbonyl (C=O) groups is 2. The Bertz CT molecular complexity index is 362. The van der Waals surface area contributed by atoms with E-state index in [0.717, 1.165) is 25.7 Å². The van der Waals surface area contributed by atoms with Gasteiger partial charge in [0.25, 0.3) is 0 Å². The van der Waals surface area contributed by atoms with E-state index >= 15 is 0 Å². The normalized spacial score (nSPS) is 22.2. The van der Waals surface area contributed by atoms with Crippen LogP contribution in [0.2, 0.25) is 0 Å². The Labute approximate surface area is 107 Å². The van der Waals surface area contributed by atoms with Gasteiger partial charge in [0.2, 0.25) is 0 Å². The first-order valence-electron chi connectivity index (χ1n) is 6.66. The average Bonchev–Trinajstić information content (AvgIpc) is 3.11. The number of esters is 1. The minimum atomic E-state index is -1.13. The van der Waals surface area contributed by atoms with Gasteiger partial charge in [0, 0.05) is 5.57 Å². The Balaban J connectivity index is 1.86. The number of carbonyl (C=O) groups excluding carboxylic acids is 1. The molecule has 18 heavy (non-hydrogen) atoms. The lowest BCUT2D eigenvalue weighted by Gasteiger charge is -2.30. The molecule has 0 spiro atoms. The quantitative estimate of drug-likeness (QED) is 0.603. The summed E-state index contributed by atoms with van der Waals surface area (Å²) in [5, 5.41) is 8.69. The van der Waals surface area contributed by atoms with Crippen molar-refractivity contribution in [2.75, 3.05) is 0 Å². The monoisotopic (exact) mass is 252 g/mol. The van der Waals surface area contributed by atoms with Gasteiger partial charge in [0.15, 0.2) is 0 Å². The molecule has 0 aromatic rings. The minimum Gasteiger partial charge on any atom is -0.478 e. The van der Waals surface area contributed by atoms with E-state index in [2.05, 4.69) is 6.58 Å². The van der Waals surface area contributed by atoms with Gasteiger partial charge in [-0.05, 0) is 31.6 Å². The Hall–Kier alpha value is -1.32. The van der Waals surface area contributed by atoms with Crippen molar-refractivity contribution in [3.63, 3.8) is 0 Å². The van der Waals surface area contributed by atoms with Crippen molar-refractivity contribution in [1.82, 2.24) is 0 Å². The van der Waals surface area contributed by atoms with Crippen LogP contribution in [0, 0.1) is 5.92 Å². The third kappa shape index (κ3) is 2.92. The van der Waals surface area contributed by atoms with Gasteiger partial charge in [-0.2, -0.15) is 0 Å². The summed E-state index contributed by atoms with van der Waals surface area (Å²) in [7, 11) is 0. The zero-order chi connectivity index (χ0) is 13.2. The molecule has 4 nitrogen and oxygen atoms in total. The molecule has 2 rings (SSSR count). The van der Waals surface area contributed by atoms with Gasteiger partial charge in [-0.1, -0.05) is 25.8 Å². The highest BCUT2D eigenvalue weighted by atomic mass is 16.6. The third-order valence-electron chi connectivity index (χ3n) is 4.07. The van der Waals surface area contributed by atoms with Crippen molar-refractivity contribution in [2.45, 2.75) is 57.0 Å². The van der Waals surface area contributed by atoms with Gasteiger partial charge in [0.1, 0.15) is 5.60 Å². The number of carboxylic acid groups (broad SMARTS) is 1. The van der Waals surface area contributed by atoms with Crippen LogP contribution >= 0.6 is 0 Å². The van der Waals surface area contributed by atoms with Gasteiger partial charge in [-0.3, -0.25) is 4.79 Å². The summed E-state index contributed by atoms with van der Waals surface area (Å²) in [5.41, 5.74) is -0.365. The number of carboxylic acids is 1. The highest BCUT2D eigenvalue weighted by Gasteiger charge is 2.52. The van der Waals surface area contributed by atoms with Crippen LogP contribution in [0.5, 0.6) is 0 Å². The molecule has 4 heteroatoms. The van der Waals surface area contributed by atoms with Crippen molar-refractivity contribution >= 4 is 11.9 Å². The van der Waals surface area contributed by atoms with Crippen LogP contribution in [0.25, 0.3) is 0 Å². The maximum absolute atomic E-state index is 11.7. The lowest BCUT2D eigenvalue weighted by Crippen LogP contribution is -2.30. The summed E-state index contributed by atoms with van der Waals surface area (Å²) >= 11 is 0. The molecule has 2 aliphatic rings. The first-order valence-corrected chi connectivity index (χ1v) is 6.66. The van der Waals surface area contributed by atoms with Gasteiger partial charge in [0.05, 0.1) is 6.42 Å². The molecule has 0 unspecified atom stereocenters. The Morgan fingerprint density at radius 3 is 2.33 bits per heavy atom. The van der Waals surface area contributed by atoms with Crippen LogP contribution in [0.3, 0.4) is 0 Å². The molecule has 0 saturated heterocycles. The maximum Gasteiger partial charge on any atom is 0.331 e. The zero-order valence-electron chi connectivity index (χ0n) is 10.6. The van der Waals surface area contributed by atoms with Crippen LogP contribution in [0.1, 0.15) is 51.4 Å². The van der Waals surface area contributed by atoms with E-state index in [0.29, 0.717) is 5.92 Å². The molecule has 0 aromatic carbocycles. The first kappa shape index (κ1) is 13.1. The SMILES string of the molecule is C=C(CC(=O)OC1(C2CCCCC2)CC1)C(=O)O.